The van der Waals surface area contributed by atoms with Gasteiger partial charge in [0, 0.05) is 6.20 Å². The van der Waals surface area contributed by atoms with Crippen molar-refractivity contribution in [1.82, 2.24) is 9.97 Å². The van der Waals surface area contributed by atoms with Crippen LogP contribution in [0.4, 0.5) is 0 Å². The fraction of sp³-hybridized carbons (Fsp3) is 0.0909. The minimum Gasteiger partial charge on any atom is -0.426 e. The minimum absolute atomic E-state index is 0.456. The van der Waals surface area contributed by atoms with E-state index in [1.54, 1.807) is 30.5 Å². The van der Waals surface area contributed by atoms with Crippen LogP contribution in [0.15, 0.2) is 30.5 Å². The third-order valence-corrected chi connectivity index (χ3v) is 1.88. The molecule has 2 rings (SSSR count). The van der Waals surface area contributed by atoms with E-state index in [-0.39, 0.29) is 0 Å². The van der Waals surface area contributed by atoms with E-state index in [9.17, 15) is 0 Å². The van der Waals surface area contributed by atoms with Gasteiger partial charge in [0.1, 0.15) is 5.75 Å². The smallest absolute Gasteiger partial charge is 0.299 e. The number of H-pyrrole nitrogens is 1. The third-order valence-electron chi connectivity index (χ3n) is 1.88. The summed E-state index contributed by atoms with van der Waals surface area (Å²) in [5.74, 6) is 0.656. The second kappa shape index (κ2) is 3.84. The van der Waals surface area contributed by atoms with Gasteiger partial charge >= 0.3 is 0 Å². The molecule has 1 aromatic heterocycles. The summed E-state index contributed by atoms with van der Waals surface area (Å²) in [5.41, 5.74) is 1.48. The van der Waals surface area contributed by atoms with Gasteiger partial charge < -0.3 is 9.72 Å². The number of rotatable bonds is 2. The molecular weight excluding hydrogens is 190 g/mol. The number of imidazole rings is 1. The Labute approximate surface area is 87.2 Å². The number of benzene rings is 1. The van der Waals surface area contributed by atoms with Crippen molar-refractivity contribution >= 4 is 0 Å². The molecule has 0 aliphatic carbocycles. The second-order valence-corrected chi connectivity index (χ2v) is 3.09. The predicted octanol–water partition coefficient (Wildman–Crippen LogP) is 2.38. The van der Waals surface area contributed by atoms with E-state index in [2.05, 4.69) is 9.97 Å². The molecule has 2 aromatic rings. The molecule has 0 aliphatic rings. The first-order valence-corrected chi connectivity index (χ1v) is 4.48. The van der Waals surface area contributed by atoms with Crippen LogP contribution in [0.3, 0.4) is 0 Å². The summed E-state index contributed by atoms with van der Waals surface area (Å²) < 4.78 is 5.42. The van der Waals surface area contributed by atoms with Gasteiger partial charge in [-0.05, 0) is 31.2 Å². The van der Waals surface area contributed by atoms with E-state index < -0.39 is 0 Å². The predicted molar refractivity (Wildman–Crippen MR) is 54.6 cm³/mol. The molecule has 74 valence electrons. The third kappa shape index (κ3) is 2.15. The van der Waals surface area contributed by atoms with Crippen LogP contribution in [0.1, 0.15) is 11.3 Å². The van der Waals surface area contributed by atoms with Crippen molar-refractivity contribution in [3.05, 3.63) is 41.7 Å². The summed E-state index contributed by atoms with van der Waals surface area (Å²) in [6, 6.07) is 9.36. The van der Waals surface area contributed by atoms with Crippen molar-refractivity contribution in [3.63, 3.8) is 0 Å². The van der Waals surface area contributed by atoms with Gasteiger partial charge in [-0.3, -0.25) is 0 Å². The maximum absolute atomic E-state index is 8.61. The molecular formula is C11H9N3O. The Balaban J connectivity index is 2.15. The summed E-state index contributed by atoms with van der Waals surface area (Å²) >= 11 is 0. The lowest BCUT2D eigenvalue weighted by molar-refractivity contribution is 0.447. The van der Waals surface area contributed by atoms with E-state index in [0.29, 0.717) is 17.3 Å². The molecule has 1 N–H and O–H groups in total. The number of nitrogens with one attached hydrogen (secondary N) is 1. The topological polar surface area (TPSA) is 61.7 Å². The molecule has 1 heterocycles. The Morgan fingerprint density at radius 3 is 2.60 bits per heavy atom. The van der Waals surface area contributed by atoms with Crippen LogP contribution in [0, 0.1) is 18.3 Å². The van der Waals surface area contributed by atoms with E-state index in [1.165, 1.54) is 0 Å². The SMILES string of the molecule is Cc1c[nH]c(Oc2ccc(C#N)cc2)n1. The molecule has 4 heteroatoms. The Kier molecular flexibility index (Phi) is 2.38. The number of nitrogens with zero attached hydrogens (tertiary/aromatic N) is 2. The Morgan fingerprint density at radius 2 is 2.07 bits per heavy atom. The normalized spacial score (nSPS) is 9.60. The minimum atomic E-state index is 0.456. The van der Waals surface area contributed by atoms with Gasteiger partial charge in [-0.15, -0.1) is 0 Å². The first-order valence-electron chi connectivity index (χ1n) is 4.48. The summed E-state index contributed by atoms with van der Waals surface area (Å²) in [6.07, 6.45) is 1.76. The molecule has 0 atom stereocenters. The molecule has 4 nitrogen and oxygen atoms in total. The van der Waals surface area contributed by atoms with Gasteiger partial charge in [-0.25, -0.2) is 4.98 Å². The van der Waals surface area contributed by atoms with E-state index in [1.807, 2.05) is 13.0 Å². The summed E-state index contributed by atoms with van der Waals surface area (Å²) in [6.45, 7) is 1.88. The van der Waals surface area contributed by atoms with Crippen molar-refractivity contribution in [2.24, 2.45) is 0 Å². The van der Waals surface area contributed by atoms with Crippen molar-refractivity contribution < 1.29 is 4.74 Å². The van der Waals surface area contributed by atoms with Crippen LogP contribution in [-0.4, -0.2) is 9.97 Å². The lowest BCUT2D eigenvalue weighted by Crippen LogP contribution is -1.86. The molecule has 0 bridgehead atoms. The van der Waals surface area contributed by atoms with Crippen molar-refractivity contribution in [3.8, 4) is 17.8 Å². The fourth-order valence-electron chi connectivity index (χ4n) is 1.15. The van der Waals surface area contributed by atoms with Gasteiger partial charge in [0.2, 0.25) is 0 Å². The van der Waals surface area contributed by atoms with Crippen LogP contribution >= 0.6 is 0 Å². The molecule has 0 fully saturated rings. The maximum atomic E-state index is 8.61. The molecule has 1 aromatic carbocycles. The highest BCUT2D eigenvalue weighted by Gasteiger charge is 2.00. The molecule has 0 spiro atoms. The van der Waals surface area contributed by atoms with Crippen LogP contribution < -0.4 is 4.74 Å². The van der Waals surface area contributed by atoms with Gasteiger partial charge in [0.05, 0.1) is 17.3 Å². The summed E-state index contributed by atoms with van der Waals surface area (Å²) in [4.78, 5) is 6.99. The van der Waals surface area contributed by atoms with Crippen LogP contribution in [0.25, 0.3) is 0 Å². The molecule has 0 radical (unpaired) electrons. The highest BCUT2D eigenvalue weighted by molar-refractivity contribution is 5.35. The Bertz CT molecular complexity index is 493. The average Bonchev–Trinajstić information content (AvgIpc) is 2.65. The number of ether oxygens (including phenoxy) is 1. The van der Waals surface area contributed by atoms with Gasteiger partial charge in [-0.1, -0.05) is 0 Å². The number of nitriles is 1. The van der Waals surface area contributed by atoms with E-state index >= 15 is 0 Å². The van der Waals surface area contributed by atoms with Crippen molar-refractivity contribution in [1.29, 1.82) is 5.26 Å². The quantitative estimate of drug-likeness (QED) is 0.807. The maximum Gasteiger partial charge on any atom is 0.299 e. The number of aromatic nitrogens is 2. The Hall–Kier alpha value is -2.28. The zero-order chi connectivity index (χ0) is 10.7. The fourth-order valence-corrected chi connectivity index (χ4v) is 1.15. The standard InChI is InChI=1S/C11H9N3O/c1-8-7-13-11(14-8)15-10-4-2-9(6-12)3-5-10/h2-5,7H,1H3,(H,13,14). The number of aromatic amines is 1. The Morgan fingerprint density at radius 1 is 1.33 bits per heavy atom. The zero-order valence-electron chi connectivity index (χ0n) is 8.19. The van der Waals surface area contributed by atoms with Crippen LogP contribution in [-0.2, 0) is 0 Å². The molecule has 0 aliphatic heterocycles. The molecule has 0 saturated heterocycles. The lowest BCUT2D eigenvalue weighted by atomic mass is 10.2. The van der Waals surface area contributed by atoms with Gasteiger partial charge in [0.25, 0.3) is 6.01 Å². The second-order valence-electron chi connectivity index (χ2n) is 3.09. The van der Waals surface area contributed by atoms with Crippen LogP contribution in [0.2, 0.25) is 0 Å². The monoisotopic (exact) mass is 199 g/mol. The van der Waals surface area contributed by atoms with E-state index in [4.69, 9.17) is 10.00 Å². The molecule has 0 unspecified atom stereocenters. The zero-order valence-corrected chi connectivity index (χ0v) is 8.19. The van der Waals surface area contributed by atoms with Crippen molar-refractivity contribution in [2.45, 2.75) is 6.92 Å². The lowest BCUT2D eigenvalue weighted by Gasteiger charge is -2.00. The van der Waals surface area contributed by atoms with Crippen molar-refractivity contribution in [2.75, 3.05) is 0 Å². The van der Waals surface area contributed by atoms with Crippen LogP contribution in [0.5, 0.6) is 11.8 Å². The first-order chi connectivity index (χ1) is 7.28. The number of hydrogen-bond donors (Lipinski definition) is 1. The number of aryl methyl sites for hydroxylation is 1. The average molecular weight is 199 g/mol. The highest BCUT2D eigenvalue weighted by atomic mass is 16.5. The first kappa shape index (κ1) is 9.28. The molecule has 0 amide bonds. The largest absolute Gasteiger partial charge is 0.426 e. The van der Waals surface area contributed by atoms with Gasteiger partial charge in [0.15, 0.2) is 0 Å². The highest BCUT2D eigenvalue weighted by Crippen LogP contribution is 2.18. The summed E-state index contributed by atoms with van der Waals surface area (Å²) in [5, 5.41) is 8.61. The molecule has 0 saturated carbocycles. The van der Waals surface area contributed by atoms with E-state index in [0.717, 1.165) is 5.69 Å². The summed E-state index contributed by atoms with van der Waals surface area (Å²) in [7, 11) is 0. The van der Waals surface area contributed by atoms with Gasteiger partial charge in [-0.2, -0.15) is 5.26 Å². The number of hydrogen-bond acceptors (Lipinski definition) is 3. The molecule has 15 heavy (non-hydrogen) atoms.